The molecule has 44 heavy (non-hydrogen) atoms. The van der Waals surface area contributed by atoms with Crippen molar-refractivity contribution in [3.63, 3.8) is 0 Å². The molecule has 5 aromatic carbocycles. The molecule has 9 aromatic rings. The molecule has 0 radical (unpaired) electrons. The van der Waals surface area contributed by atoms with Crippen LogP contribution in [-0.2, 0) is 0 Å². The molecular formula is C39H23N5. The Morgan fingerprint density at radius 2 is 1.11 bits per heavy atom. The molecule has 0 saturated carbocycles. The first-order valence-electron chi connectivity index (χ1n) is 14.6. The van der Waals surface area contributed by atoms with Gasteiger partial charge < -0.3 is 0 Å². The summed E-state index contributed by atoms with van der Waals surface area (Å²) < 4.78 is 0. The van der Waals surface area contributed by atoms with Crippen LogP contribution >= 0.6 is 0 Å². The van der Waals surface area contributed by atoms with E-state index >= 15 is 0 Å². The van der Waals surface area contributed by atoms with E-state index in [0.29, 0.717) is 5.82 Å². The number of hydrogen-bond donors (Lipinski definition) is 0. The van der Waals surface area contributed by atoms with E-state index in [-0.39, 0.29) is 0 Å². The molecule has 0 saturated heterocycles. The van der Waals surface area contributed by atoms with Crippen LogP contribution < -0.4 is 0 Å². The number of nitrogens with zero attached hydrogens (tertiary/aromatic N) is 5. The molecule has 0 aliphatic rings. The van der Waals surface area contributed by atoms with Gasteiger partial charge >= 0.3 is 0 Å². The van der Waals surface area contributed by atoms with Crippen LogP contribution in [-0.4, -0.2) is 24.9 Å². The minimum absolute atomic E-state index is 0.674. The molecule has 4 heterocycles. The standard InChI is InChI=1S/C39H23N5/c1-2-9-29-24(7-1)17-18-32-35(29)31-10-3-4-12-34(31)44-36(32)25-13-15-26(16-14-25)39-42-22-28(23-43-39)33-21-27-8-5-19-40-37(27)38-30(33)11-6-20-41-38/h1-23H. The van der Waals surface area contributed by atoms with Crippen molar-refractivity contribution >= 4 is 54.3 Å². The molecule has 0 aliphatic carbocycles. The maximum Gasteiger partial charge on any atom is 0.159 e. The molecule has 0 atom stereocenters. The summed E-state index contributed by atoms with van der Waals surface area (Å²) in [5, 5.41) is 8.07. The van der Waals surface area contributed by atoms with E-state index in [2.05, 4.69) is 107 Å². The van der Waals surface area contributed by atoms with E-state index in [9.17, 15) is 0 Å². The molecule has 5 heteroatoms. The number of fused-ring (bicyclic) bond motifs is 8. The van der Waals surface area contributed by atoms with Gasteiger partial charge in [0.25, 0.3) is 0 Å². The molecule has 0 spiro atoms. The highest BCUT2D eigenvalue weighted by atomic mass is 14.9. The van der Waals surface area contributed by atoms with Crippen molar-refractivity contribution in [2.75, 3.05) is 0 Å². The Hall–Kier alpha value is -6.07. The van der Waals surface area contributed by atoms with Gasteiger partial charge in [-0.2, -0.15) is 0 Å². The first-order chi connectivity index (χ1) is 21.8. The molecule has 0 amide bonds. The Morgan fingerprint density at radius 1 is 0.432 bits per heavy atom. The second-order valence-corrected chi connectivity index (χ2v) is 11.0. The van der Waals surface area contributed by atoms with Crippen molar-refractivity contribution in [1.29, 1.82) is 0 Å². The number of benzene rings is 5. The van der Waals surface area contributed by atoms with Crippen LogP contribution in [0, 0.1) is 0 Å². The summed E-state index contributed by atoms with van der Waals surface area (Å²) in [5.41, 5.74) is 7.71. The van der Waals surface area contributed by atoms with Crippen LogP contribution in [0.1, 0.15) is 0 Å². The number of hydrogen-bond acceptors (Lipinski definition) is 5. The van der Waals surface area contributed by atoms with E-state index < -0.39 is 0 Å². The van der Waals surface area contributed by atoms with E-state index in [4.69, 9.17) is 15.0 Å². The highest BCUT2D eigenvalue weighted by molar-refractivity contribution is 6.22. The smallest absolute Gasteiger partial charge is 0.159 e. The van der Waals surface area contributed by atoms with Gasteiger partial charge in [0.1, 0.15) is 0 Å². The summed E-state index contributed by atoms with van der Waals surface area (Å²) in [4.78, 5) is 23.9. The maximum absolute atomic E-state index is 5.13. The van der Waals surface area contributed by atoms with Crippen molar-refractivity contribution in [1.82, 2.24) is 24.9 Å². The van der Waals surface area contributed by atoms with Crippen molar-refractivity contribution in [2.24, 2.45) is 0 Å². The lowest BCUT2D eigenvalue weighted by atomic mass is 9.95. The number of para-hydroxylation sites is 1. The second kappa shape index (κ2) is 9.75. The molecule has 0 unspecified atom stereocenters. The van der Waals surface area contributed by atoms with Crippen LogP contribution in [0.5, 0.6) is 0 Å². The molecule has 0 aliphatic heterocycles. The topological polar surface area (TPSA) is 64.5 Å². The van der Waals surface area contributed by atoms with Gasteiger partial charge in [0.2, 0.25) is 0 Å². The van der Waals surface area contributed by atoms with Gasteiger partial charge in [-0.1, -0.05) is 91.0 Å². The summed E-state index contributed by atoms with van der Waals surface area (Å²) >= 11 is 0. The summed E-state index contributed by atoms with van der Waals surface area (Å²) in [7, 11) is 0. The minimum Gasteiger partial charge on any atom is -0.254 e. The molecule has 0 bridgehead atoms. The van der Waals surface area contributed by atoms with E-state index in [0.717, 1.165) is 60.7 Å². The zero-order chi connectivity index (χ0) is 29.0. The molecule has 204 valence electrons. The predicted molar refractivity (Wildman–Crippen MR) is 179 cm³/mol. The second-order valence-electron chi connectivity index (χ2n) is 11.0. The molecule has 0 N–H and O–H groups in total. The van der Waals surface area contributed by atoms with Gasteiger partial charge in [0.15, 0.2) is 5.82 Å². The first kappa shape index (κ1) is 24.5. The Labute approximate surface area is 252 Å². The SMILES string of the molecule is c1ccc2c(c1)ccc1c(-c3ccc(-c4ncc(-c5cc6cccnc6c6ncccc56)cn4)cc3)nc3ccccc3c12. The highest BCUT2D eigenvalue weighted by Gasteiger charge is 2.14. The molecule has 5 nitrogen and oxygen atoms in total. The summed E-state index contributed by atoms with van der Waals surface area (Å²) in [6.07, 6.45) is 7.40. The minimum atomic E-state index is 0.674. The number of aromatic nitrogens is 5. The van der Waals surface area contributed by atoms with E-state index in [1.807, 2.05) is 36.8 Å². The Kier molecular flexibility index (Phi) is 5.43. The van der Waals surface area contributed by atoms with Gasteiger partial charge in [0, 0.05) is 68.4 Å². The van der Waals surface area contributed by atoms with Crippen molar-refractivity contribution in [2.45, 2.75) is 0 Å². The Morgan fingerprint density at radius 3 is 1.98 bits per heavy atom. The summed E-state index contributed by atoms with van der Waals surface area (Å²) in [6.45, 7) is 0. The normalized spacial score (nSPS) is 11.6. The lowest BCUT2D eigenvalue weighted by molar-refractivity contribution is 1.18. The lowest BCUT2D eigenvalue weighted by Crippen LogP contribution is -1.93. The van der Waals surface area contributed by atoms with Crippen molar-refractivity contribution < 1.29 is 0 Å². The zero-order valence-corrected chi connectivity index (χ0v) is 23.5. The van der Waals surface area contributed by atoms with Crippen LogP contribution in [0.4, 0.5) is 0 Å². The van der Waals surface area contributed by atoms with Crippen molar-refractivity contribution in [3.8, 4) is 33.8 Å². The molecule has 4 aromatic heterocycles. The van der Waals surface area contributed by atoms with Crippen LogP contribution in [0.2, 0.25) is 0 Å². The molecule has 9 rings (SSSR count). The zero-order valence-electron chi connectivity index (χ0n) is 23.5. The third kappa shape index (κ3) is 3.83. The third-order valence-electron chi connectivity index (χ3n) is 8.43. The van der Waals surface area contributed by atoms with Crippen LogP contribution in [0.15, 0.2) is 140 Å². The van der Waals surface area contributed by atoms with Gasteiger partial charge in [-0.3, -0.25) is 9.97 Å². The van der Waals surface area contributed by atoms with Gasteiger partial charge in [0.05, 0.1) is 22.2 Å². The fraction of sp³-hybridized carbons (Fsp3) is 0. The lowest BCUT2D eigenvalue weighted by Gasteiger charge is -2.13. The third-order valence-corrected chi connectivity index (χ3v) is 8.43. The first-order valence-corrected chi connectivity index (χ1v) is 14.6. The van der Waals surface area contributed by atoms with E-state index in [1.54, 1.807) is 6.20 Å². The van der Waals surface area contributed by atoms with Gasteiger partial charge in [-0.15, -0.1) is 0 Å². The van der Waals surface area contributed by atoms with Crippen LogP contribution in [0.3, 0.4) is 0 Å². The van der Waals surface area contributed by atoms with Crippen molar-refractivity contribution in [3.05, 3.63) is 140 Å². The molecular weight excluding hydrogens is 538 g/mol. The largest absolute Gasteiger partial charge is 0.254 e. The fourth-order valence-electron chi connectivity index (χ4n) is 6.35. The average molecular weight is 562 g/mol. The quantitative estimate of drug-likeness (QED) is 0.201. The Bertz CT molecular complexity index is 2520. The average Bonchev–Trinajstić information content (AvgIpc) is 3.11. The number of pyridine rings is 3. The highest BCUT2D eigenvalue weighted by Crippen LogP contribution is 2.37. The van der Waals surface area contributed by atoms with E-state index in [1.165, 1.54) is 21.5 Å². The molecule has 0 fully saturated rings. The van der Waals surface area contributed by atoms with Crippen LogP contribution in [0.25, 0.3) is 88.0 Å². The predicted octanol–water partition coefficient (Wildman–Crippen LogP) is 9.43. The summed E-state index contributed by atoms with van der Waals surface area (Å²) in [6, 6.07) is 39.9. The number of rotatable bonds is 3. The fourth-order valence-corrected chi connectivity index (χ4v) is 6.35. The van der Waals surface area contributed by atoms with Gasteiger partial charge in [-0.25, -0.2) is 15.0 Å². The summed E-state index contributed by atoms with van der Waals surface area (Å²) in [5.74, 6) is 0.674. The van der Waals surface area contributed by atoms with Gasteiger partial charge in [-0.05, 0) is 40.6 Å². The Balaban J connectivity index is 1.12. The monoisotopic (exact) mass is 561 g/mol. The maximum atomic E-state index is 5.13.